The van der Waals surface area contributed by atoms with Gasteiger partial charge >= 0.3 is 0 Å². The van der Waals surface area contributed by atoms with Crippen molar-refractivity contribution in [1.29, 1.82) is 0 Å². The highest BCUT2D eigenvalue weighted by Gasteiger charge is 2.03. The van der Waals surface area contributed by atoms with E-state index in [0.717, 1.165) is 18.3 Å². The van der Waals surface area contributed by atoms with Crippen molar-refractivity contribution in [3.8, 4) is 0 Å². The maximum Gasteiger partial charge on any atom is 0.138 e. The molecule has 0 atom stereocenters. The molecule has 1 aromatic heterocycles. The van der Waals surface area contributed by atoms with Gasteiger partial charge in [-0.05, 0) is 18.9 Å². The maximum absolute atomic E-state index is 4.36. The third-order valence-electron chi connectivity index (χ3n) is 2.43. The first kappa shape index (κ1) is 9.06. The fourth-order valence-electron chi connectivity index (χ4n) is 1.72. The van der Waals surface area contributed by atoms with Gasteiger partial charge in [0.25, 0.3) is 0 Å². The lowest BCUT2D eigenvalue weighted by atomic mass is 10.2. The van der Waals surface area contributed by atoms with Crippen LogP contribution in [-0.2, 0) is 0 Å². The minimum absolute atomic E-state index is 0.963. The Morgan fingerprint density at radius 1 is 1.43 bits per heavy atom. The second-order valence-corrected chi connectivity index (χ2v) is 3.63. The molecule has 1 aliphatic rings. The third-order valence-corrected chi connectivity index (χ3v) is 2.43. The molecule has 0 saturated carbocycles. The largest absolute Gasteiger partial charge is 0.380 e. The summed E-state index contributed by atoms with van der Waals surface area (Å²) in [6.45, 7) is 0. The molecule has 1 N–H and O–H groups in total. The molecule has 0 unspecified atom stereocenters. The van der Waals surface area contributed by atoms with Gasteiger partial charge in [0.1, 0.15) is 5.49 Å². The molecule has 0 radical (unpaired) electrons. The molecule has 0 fully saturated rings. The summed E-state index contributed by atoms with van der Waals surface area (Å²) in [6.07, 6.45) is 8.05. The summed E-state index contributed by atoms with van der Waals surface area (Å²) in [5, 5.41) is 1.22. The predicted octanol–water partition coefficient (Wildman–Crippen LogP) is 0.612. The predicted molar refractivity (Wildman–Crippen MR) is 57.0 cm³/mol. The number of nitrogens with zero attached hydrogens (tertiary/aromatic N) is 2. The van der Waals surface area contributed by atoms with E-state index in [2.05, 4.69) is 41.1 Å². The molecule has 2 rings (SSSR count). The van der Waals surface area contributed by atoms with Crippen LogP contribution in [0.3, 0.4) is 0 Å². The molecule has 0 amide bonds. The van der Waals surface area contributed by atoms with Crippen molar-refractivity contribution in [3.63, 3.8) is 0 Å². The molecule has 3 heteroatoms. The molecular weight excluding hydrogens is 174 g/mol. The highest BCUT2D eigenvalue weighted by Crippen LogP contribution is 2.08. The van der Waals surface area contributed by atoms with Crippen LogP contribution in [0.15, 0.2) is 29.5 Å². The summed E-state index contributed by atoms with van der Waals surface area (Å²) in [5.41, 5.74) is 2.30. The van der Waals surface area contributed by atoms with Gasteiger partial charge in [-0.3, -0.25) is 0 Å². The highest BCUT2D eigenvalue weighted by molar-refractivity contribution is 5.41. The molecule has 74 valence electrons. The van der Waals surface area contributed by atoms with Gasteiger partial charge in [0.05, 0.1) is 0 Å². The number of hydrogen-bond donors (Lipinski definition) is 1. The number of allylic oxidation sites excluding steroid dienone is 1. The molecule has 0 spiro atoms. The van der Waals surface area contributed by atoms with Crippen LogP contribution in [0, 0.1) is 0 Å². The molecule has 0 saturated heterocycles. The smallest absolute Gasteiger partial charge is 0.138 e. The molecule has 14 heavy (non-hydrogen) atoms. The van der Waals surface area contributed by atoms with E-state index in [1.165, 1.54) is 10.9 Å². The topological polar surface area (TPSA) is 31.4 Å². The van der Waals surface area contributed by atoms with Gasteiger partial charge in [0.2, 0.25) is 0 Å². The Balaban J connectivity index is 2.71. The van der Waals surface area contributed by atoms with E-state index in [-0.39, 0.29) is 0 Å². The summed E-state index contributed by atoms with van der Waals surface area (Å²) in [7, 11) is 4.16. The second kappa shape index (κ2) is 3.70. The summed E-state index contributed by atoms with van der Waals surface area (Å²) >= 11 is 0. The van der Waals surface area contributed by atoms with Crippen molar-refractivity contribution < 1.29 is 0 Å². The number of aromatic nitrogens is 1. The van der Waals surface area contributed by atoms with E-state index >= 15 is 0 Å². The van der Waals surface area contributed by atoms with E-state index in [9.17, 15) is 0 Å². The normalized spacial score (nSPS) is 19.3. The first-order valence-electron chi connectivity index (χ1n) is 4.86. The first-order chi connectivity index (χ1) is 6.79. The van der Waals surface area contributed by atoms with Crippen LogP contribution in [0.25, 0.3) is 5.70 Å². The van der Waals surface area contributed by atoms with Crippen molar-refractivity contribution in [2.24, 2.45) is 4.99 Å². The highest BCUT2D eigenvalue weighted by atomic mass is 15.1. The van der Waals surface area contributed by atoms with Crippen molar-refractivity contribution in [1.82, 2.24) is 9.88 Å². The van der Waals surface area contributed by atoms with Crippen LogP contribution in [0.4, 0.5) is 0 Å². The monoisotopic (exact) mass is 189 g/mol. The van der Waals surface area contributed by atoms with Crippen LogP contribution in [0.1, 0.15) is 12.8 Å². The van der Waals surface area contributed by atoms with Gasteiger partial charge in [0.15, 0.2) is 0 Å². The average molecular weight is 189 g/mol. The summed E-state index contributed by atoms with van der Waals surface area (Å²) in [4.78, 5) is 9.67. The quantitative estimate of drug-likeness (QED) is 0.689. The Labute approximate surface area is 83.5 Å². The fraction of sp³-hybridized carbons (Fsp3) is 0.364. The molecule has 1 aliphatic heterocycles. The Bertz CT molecular complexity index is 451. The molecule has 0 aliphatic carbocycles. The van der Waals surface area contributed by atoms with Crippen molar-refractivity contribution >= 4 is 5.70 Å². The minimum atomic E-state index is 0.963. The number of fused-ring (bicyclic) bond motifs is 1. The summed E-state index contributed by atoms with van der Waals surface area (Å²) in [5.74, 6) is 0. The Kier molecular flexibility index (Phi) is 2.39. The number of rotatable bonds is 1. The average Bonchev–Trinajstić information content (AvgIpc) is 2.51. The van der Waals surface area contributed by atoms with E-state index in [4.69, 9.17) is 0 Å². The lowest BCUT2D eigenvalue weighted by molar-refractivity contribution is 0.561. The Hall–Kier alpha value is -1.51. The summed E-state index contributed by atoms with van der Waals surface area (Å²) in [6, 6.07) is 2.09. The molecule has 0 bridgehead atoms. The first-order valence-corrected chi connectivity index (χ1v) is 4.86. The van der Waals surface area contributed by atoms with Gasteiger partial charge < -0.3 is 9.88 Å². The SMILES string of the molecule is CN(C)/C1=c2\cc[nH]c2=NC=CCC1. The van der Waals surface area contributed by atoms with Crippen molar-refractivity contribution in [3.05, 3.63) is 35.2 Å². The van der Waals surface area contributed by atoms with Crippen LogP contribution < -0.4 is 10.7 Å². The molecular formula is C11H15N3. The number of aromatic amines is 1. The fourth-order valence-corrected chi connectivity index (χ4v) is 1.72. The second-order valence-electron chi connectivity index (χ2n) is 3.63. The Morgan fingerprint density at radius 2 is 2.29 bits per heavy atom. The van der Waals surface area contributed by atoms with E-state index in [1.54, 1.807) is 0 Å². The van der Waals surface area contributed by atoms with E-state index < -0.39 is 0 Å². The zero-order chi connectivity index (χ0) is 9.97. The lowest BCUT2D eigenvalue weighted by Gasteiger charge is -2.16. The van der Waals surface area contributed by atoms with Gasteiger partial charge in [-0.1, -0.05) is 6.08 Å². The third kappa shape index (κ3) is 1.58. The van der Waals surface area contributed by atoms with E-state index in [0.29, 0.717) is 0 Å². The number of nitrogens with one attached hydrogen (secondary N) is 1. The van der Waals surface area contributed by atoms with Crippen LogP contribution in [-0.4, -0.2) is 24.0 Å². The Morgan fingerprint density at radius 3 is 3.07 bits per heavy atom. The lowest BCUT2D eigenvalue weighted by Crippen LogP contribution is -2.30. The van der Waals surface area contributed by atoms with Crippen LogP contribution in [0.2, 0.25) is 0 Å². The van der Waals surface area contributed by atoms with Gasteiger partial charge in [-0.15, -0.1) is 0 Å². The molecule has 0 aromatic carbocycles. The maximum atomic E-state index is 4.36. The van der Waals surface area contributed by atoms with E-state index in [1.807, 2.05) is 12.4 Å². The van der Waals surface area contributed by atoms with Crippen LogP contribution in [0.5, 0.6) is 0 Å². The molecule has 3 nitrogen and oxygen atoms in total. The zero-order valence-corrected chi connectivity index (χ0v) is 8.62. The number of H-pyrrole nitrogens is 1. The van der Waals surface area contributed by atoms with Gasteiger partial charge in [-0.2, -0.15) is 0 Å². The molecule has 2 heterocycles. The van der Waals surface area contributed by atoms with Crippen molar-refractivity contribution in [2.75, 3.05) is 14.1 Å². The van der Waals surface area contributed by atoms with Gasteiger partial charge in [-0.25, -0.2) is 4.99 Å². The summed E-state index contributed by atoms with van der Waals surface area (Å²) < 4.78 is 0. The van der Waals surface area contributed by atoms with Gasteiger partial charge in [0, 0.05) is 37.4 Å². The zero-order valence-electron chi connectivity index (χ0n) is 8.62. The van der Waals surface area contributed by atoms with Crippen LogP contribution >= 0.6 is 0 Å². The molecule has 1 aromatic rings. The minimum Gasteiger partial charge on any atom is -0.380 e. The number of hydrogen-bond acceptors (Lipinski definition) is 2. The van der Waals surface area contributed by atoms with Crippen molar-refractivity contribution in [2.45, 2.75) is 12.8 Å². The standard InChI is InChI=1S/C11H15N3/c1-14(2)10-5-3-4-7-12-11-9(10)6-8-13-11/h4,6-8H,3,5H2,1-2H3,(H,12,13)/b7-4?,10-9+.